The third-order valence-corrected chi connectivity index (χ3v) is 6.13. The molecule has 4 rings (SSSR count). The van der Waals surface area contributed by atoms with Crippen LogP contribution in [0.25, 0.3) is 0 Å². The summed E-state index contributed by atoms with van der Waals surface area (Å²) in [6.45, 7) is 0.186. The zero-order valence-electron chi connectivity index (χ0n) is 17.6. The van der Waals surface area contributed by atoms with Gasteiger partial charge in [-0.25, -0.2) is 4.98 Å². The first kappa shape index (κ1) is 22.0. The molecule has 7 heteroatoms. The number of carbonyl (C=O) groups excluding carboxylic acids is 1. The van der Waals surface area contributed by atoms with E-state index in [1.165, 1.54) is 11.5 Å². The molecule has 0 bridgehead atoms. The van der Waals surface area contributed by atoms with Gasteiger partial charge in [0.25, 0.3) is 0 Å². The summed E-state index contributed by atoms with van der Waals surface area (Å²) in [5, 5.41) is 4.58. The summed E-state index contributed by atoms with van der Waals surface area (Å²) < 4.78 is 4.44. The predicted octanol–water partition coefficient (Wildman–Crippen LogP) is 5.12. The highest BCUT2D eigenvalue weighted by Crippen LogP contribution is 2.22. The van der Waals surface area contributed by atoms with Crippen LogP contribution in [0.2, 0.25) is 5.02 Å². The highest BCUT2D eigenvalue weighted by molar-refractivity contribution is 7.09. The highest BCUT2D eigenvalue weighted by Gasteiger charge is 2.19. The van der Waals surface area contributed by atoms with E-state index in [0.717, 1.165) is 22.5 Å². The minimum absolute atomic E-state index is 0.0837. The van der Waals surface area contributed by atoms with Crippen LogP contribution in [0.3, 0.4) is 0 Å². The molecule has 1 heterocycles. The van der Waals surface area contributed by atoms with Gasteiger partial charge in [0.1, 0.15) is 5.82 Å². The SMILES string of the molecule is CN(CC(=O)NC(c1ccccc1)c1ccccc1)c1nc(Cc2ccc(Cl)cc2)ns1. The molecule has 0 aliphatic rings. The Bertz CT molecular complexity index is 1110. The van der Waals surface area contributed by atoms with E-state index in [-0.39, 0.29) is 18.5 Å². The van der Waals surface area contributed by atoms with Crippen molar-refractivity contribution in [3.63, 3.8) is 0 Å². The minimum atomic E-state index is -0.215. The first-order valence-electron chi connectivity index (χ1n) is 10.3. The van der Waals surface area contributed by atoms with Crippen LogP contribution in [0.1, 0.15) is 28.6 Å². The van der Waals surface area contributed by atoms with Crippen molar-refractivity contribution in [3.05, 3.63) is 112 Å². The molecule has 32 heavy (non-hydrogen) atoms. The van der Waals surface area contributed by atoms with Crippen molar-refractivity contribution in [2.24, 2.45) is 0 Å². The molecule has 0 saturated carbocycles. The van der Waals surface area contributed by atoms with E-state index in [9.17, 15) is 4.79 Å². The molecule has 0 spiro atoms. The molecule has 0 atom stereocenters. The molecule has 3 aromatic carbocycles. The summed E-state index contributed by atoms with van der Waals surface area (Å²) in [7, 11) is 1.85. The van der Waals surface area contributed by atoms with Gasteiger partial charge in [0.15, 0.2) is 0 Å². The normalized spacial score (nSPS) is 10.8. The molecule has 0 radical (unpaired) electrons. The number of anilines is 1. The summed E-state index contributed by atoms with van der Waals surface area (Å²) in [5.41, 5.74) is 3.17. The lowest BCUT2D eigenvalue weighted by Crippen LogP contribution is -2.37. The largest absolute Gasteiger partial charge is 0.344 e. The number of hydrogen-bond acceptors (Lipinski definition) is 5. The monoisotopic (exact) mass is 462 g/mol. The van der Waals surface area contributed by atoms with E-state index in [2.05, 4.69) is 14.7 Å². The van der Waals surface area contributed by atoms with Crippen molar-refractivity contribution in [1.29, 1.82) is 0 Å². The van der Waals surface area contributed by atoms with Gasteiger partial charge in [0.2, 0.25) is 11.0 Å². The number of hydrogen-bond donors (Lipinski definition) is 1. The van der Waals surface area contributed by atoms with Crippen LogP contribution >= 0.6 is 23.1 Å². The third-order valence-electron chi connectivity index (χ3n) is 5.01. The number of rotatable bonds is 8. The van der Waals surface area contributed by atoms with Gasteiger partial charge in [-0.3, -0.25) is 4.79 Å². The third kappa shape index (κ3) is 5.72. The lowest BCUT2D eigenvalue weighted by molar-refractivity contribution is -0.120. The lowest BCUT2D eigenvalue weighted by atomic mass is 9.99. The molecule has 0 unspecified atom stereocenters. The standard InChI is InChI=1S/C25H23ClN4OS/c1-30(25-27-22(29-32-25)16-18-12-14-21(26)15-13-18)17-23(31)28-24(19-8-4-2-5-9-19)20-10-6-3-7-11-20/h2-15,24H,16-17H2,1H3,(H,28,31). The van der Waals surface area contributed by atoms with E-state index in [1.807, 2.05) is 96.9 Å². The number of amides is 1. The van der Waals surface area contributed by atoms with E-state index in [4.69, 9.17) is 11.6 Å². The predicted molar refractivity (Wildman–Crippen MR) is 130 cm³/mol. The molecule has 162 valence electrons. The molecule has 0 fully saturated rings. The quantitative estimate of drug-likeness (QED) is 0.394. The van der Waals surface area contributed by atoms with Crippen molar-refractivity contribution in [1.82, 2.24) is 14.7 Å². The van der Waals surface area contributed by atoms with Gasteiger partial charge in [-0.15, -0.1) is 0 Å². The Hall–Kier alpha value is -3.22. The van der Waals surface area contributed by atoms with Gasteiger partial charge in [0.05, 0.1) is 12.6 Å². The second kappa shape index (κ2) is 10.4. The molecule has 5 nitrogen and oxygen atoms in total. The van der Waals surface area contributed by atoms with Crippen LogP contribution < -0.4 is 10.2 Å². The van der Waals surface area contributed by atoms with Crippen molar-refractivity contribution in [2.45, 2.75) is 12.5 Å². The number of nitrogens with zero attached hydrogens (tertiary/aromatic N) is 3. The van der Waals surface area contributed by atoms with Crippen LogP contribution in [0.15, 0.2) is 84.9 Å². The first-order chi connectivity index (χ1) is 15.6. The summed E-state index contributed by atoms with van der Waals surface area (Å²) >= 11 is 7.24. The van der Waals surface area contributed by atoms with Crippen molar-refractivity contribution in [3.8, 4) is 0 Å². The van der Waals surface area contributed by atoms with Crippen LogP contribution in [-0.4, -0.2) is 28.9 Å². The Morgan fingerprint density at radius 1 is 0.969 bits per heavy atom. The van der Waals surface area contributed by atoms with Crippen molar-refractivity contribution < 1.29 is 4.79 Å². The number of benzene rings is 3. The Morgan fingerprint density at radius 2 is 1.56 bits per heavy atom. The summed E-state index contributed by atoms with van der Waals surface area (Å²) in [6.07, 6.45) is 0.623. The molecule has 0 saturated heterocycles. The molecule has 0 aliphatic carbocycles. The van der Waals surface area contributed by atoms with Crippen LogP contribution in [0.5, 0.6) is 0 Å². The fourth-order valence-corrected chi connectivity index (χ4v) is 4.16. The topological polar surface area (TPSA) is 58.1 Å². The van der Waals surface area contributed by atoms with E-state index in [0.29, 0.717) is 16.6 Å². The average Bonchev–Trinajstić information content (AvgIpc) is 3.29. The first-order valence-corrected chi connectivity index (χ1v) is 11.4. The van der Waals surface area contributed by atoms with Gasteiger partial charge in [-0.2, -0.15) is 4.37 Å². The molecular weight excluding hydrogens is 440 g/mol. The molecule has 4 aromatic rings. The zero-order chi connectivity index (χ0) is 22.3. The fourth-order valence-electron chi connectivity index (χ4n) is 3.40. The second-order valence-electron chi connectivity index (χ2n) is 7.47. The van der Waals surface area contributed by atoms with Crippen molar-refractivity contribution >= 4 is 34.2 Å². The maximum absolute atomic E-state index is 12.9. The lowest BCUT2D eigenvalue weighted by Gasteiger charge is -2.22. The highest BCUT2D eigenvalue weighted by atomic mass is 35.5. The van der Waals surface area contributed by atoms with Gasteiger partial charge < -0.3 is 10.2 Å². The van der Waals surface area contributed by atoms with Crippen LogP contribution in [-0.2, 0) is 11.2 Å². The van der Waals surface area contributed by atoms with Crippen LogP contribution in [0.4, 0.5) is 5.13 Å². The van der Waals surface area contributed by atoms with Gasteiger partial charge in [-0.05, 0) is 28.8 Å². The summed E-state index contributed by atoms with van der Waals surface area (Å²) in [4.78, 5) is 19.3. The molecular formula is C25H23ClN4OS. The Labute approximate surface area is 196 Å². The van der Waals surface area contributed by atoms with Gasteiger partial charge in [-0.1, -0.05) is 84.4 Å². The van der Waals surface area contributed by atoms with Crippen molar-refractivity contribution in [2.75, 3.05) is 18.5 Å². The summed E-state index contributed by atoms with van der Waals surface area (Å²) in [5.74, 6) is 0.644. The minimum Gasteiger partial charge on any atom is -0.344 e. The number of aromatic nitrogens is 2. The van der Waals surface area contributed by atoms with Crippen LogP contribution in [0, 0.1) is 0 Å². The smallest absolute Gasteiger partial charge is 0.240 e. The summed E-state index contributed by atoms with van der Waals surface area (Å²) in [6, 6.07) is 27.4. The number of likely N-dealkylation sites (N-methyl/N-ethyl adjacent to an activating group) is 1. The van der Waals surface area contributed by atoms with E-state index >= 15 is 0 Å². The number of nitrogens with one attached hydrogen (secondary N) is 1. The van der Waals surface area contributed by atoms with E-state index in [1.54, 1.807) is 0 Å². The Balaban J connectivity index is 1.41. The molecule has 1 amide bonds. The fraction of sp³-hybridized carbons (Fsp3) is 0.160. The maximum Gasteiger partial charge on any atom is 0.240 e. The zero-order valence-corrected chi connectivity index (χ0v) is 19.2. The Kier molecular flexibility index (Phi) is 7.14. The molecule has 1 N–H and O–H groups in total. The van der Waals surface area contributed by atoms with Gasteiger partial charge >= 0.3 is 0 Å². The number of halogens is 1. The maximum atomic E-state index is 12.9. The number of carbonyl (C=O) groups is 1. The second-order valence-corrected chi connectivity index (χ2v) is 8.64. The molecule has 1 aromatic heterocycles. The Morgan fingerprint density at radius 3 is 2.16 bits per heavy atom. The average molecular weight is 463 g/mol. The van der Waals surface area contributed by atoms with Gasteiger partial charge in [0, 0.05) is 30.0 Å². The molecule has 0 aliphatic heterocycles. The van der Waals surface area contributed by atoms with E-state index < -0.39 is 0 Å².